The second kappa shape index (κ2) is 12.5. The molecule has 40 heavy (non-hydrogen) atoms. The molecule has 2 aliphatic rings. The molecule has 1 amide bonds. The number of piperidine rings is 1. The first-order valence-electron chi connectivity index (χ1n) is 12.9. The van der Waals surface area contributed by atoms with Crippen LogP contribution in [0.25, 0.3) is 0 Å². The molecule has 0 unspecified atom stereocenters. The van der Waals surface area contributed by atoms with Gasteiger partial charge in [0.05, 0.1) is 40.9 Å². The molecule has 1 saturated heterocycles. The summed E-state index contributed by atoms with van der Waals surface area (Å²) in [6.07, 6.45) is 0.292. The monoisotopic (exact) mass is 604 g/mol. The van der Waals surface area contributed by atoms with Gasteiger partial charge in [0.1, 0.15) is 5.75 Å². The molecule has 0 spiro atoms. The minimum atomic E-state index is -4.70. The number of aromatic nitrogens is 2. The lowest BCUT2D eigenvalue weighted by Gasteiger charge is -2.24. The molecule has 4 N–H and O–H groups in total. The van der Waals surface area contributed by atoms with Gasteiger partial charge in [0.25, 0.3) is 5.91 Å². The van der Waals surface area contributed by atoms with Crippen LogP contribution in [0.15, 0.2) is 18.3 Å². The topological polar surface area (TPSA) is 134 Å². The van der Waals surface area contributed by atoms with Gasteiger partial charge in [-0.25, -0.2) is 23.1 Å². The van der Waals surface area contributed by atoms with Crippen molar-refractivity contribution in [1.82, 2.24) is 25.3 Å². The second-order valence-corrected chi connectivity index (χ2v) is 12.3. The van der Waals surface area contributed by atoms with Crippen LogP contribution in [0.2, 0.25) is 5.02 Å². The quantitative estimate of drug-likeness (QED) is 0.341. The summed E-state index contributed by atoms with van der Waals surface area (Å²) in [6.45, 7) is 1.60. The molecule has 10 nitrogen and oxygen atoms in total. The van der Waals surface area contributed by atoms with Crippen molar-refractivity contribution in [2.75, 3.05) is 31.8 Å². The zero-order chi connectivity index (χ0) is 29.1. The highest BCUT2D eigenvalue weighted by Crippen LogP contribution is 2.37. The Balaban J connectivity index is 1.58. The van der Waals surface area contributed by atoms with Gasteiger partial charge in [0.15, 0.2) is 0 Å². The lowest BCUT2D eigenvalue weighted by molar-refractivity contribution is -0.138. The number of hydrogen-bond donors (Lipinski definition) is 4. The number of rotatable bonds is 9. The number of methoxy groups -OCH3 is 1. The van der Waals surface area contributed by atoms with Gasteiger partial charge in [-0.15, -0.1) is 0 Å². The van der Waals surface area contributed by atoms with E-state index in [0.29, 0.717) is 25.5 Å². The number of anilines is 2. The molecule has 220 valence electrons. The summed E-state index contributed by atoms with van der Waals surface area (Å²) in [4.78, 5) is 20.9. The summed E-state index contributed by atoms with van der Waals surface area (Å²) in [7, 11) is -2.14. The largest absolute Gasteiger partial charge is 0.495 e. The number of carbonyl (C=O) groups excluding carboxylic acids is 1. The van der Waals surface area contributed by atoms with Gasteiger partial charge >= 0.3 is 6.18 Å². The van der Waals surface area contributed by atoms with Gasteiger partial charge in [-0.1, -0.05) is 18.0 Å². The third-order valence-electron chi connectivity index (χ3n) is 7.11. The van der Waals surface area contributed by atoms with Crippen molar-refractivity contribution in [1.29, 1.82) is 0 Å². The van der Waals surface area contributed by atoms with E-state index in [0.717, 1.165) is 32.2 Å². The average molecular weight is 605 g/mol. The molecule has 1 aromatic heterocycles. The lowest BCUT2D eigenvalue weighted by atomic mass is 9.96. The molecule has 2 heterocycles. The zero-order valence-corrected chi connectivity index (χ0v) is 23.6. The first-order chi connectivity index (χ1) is 18.8. The number of benzene rings is 1. The predicted octanol–water partition coefficient (Wildman–Crippen LogP) is 3.64. The number of alkyl halides is 3. The molecule has 1 saturated carbocycles. The average Bonchev–Trinajstić information content (AvgIpc) is 3.28. The Morgan fingerprint density at radius 1 is 1.20 bits per heavy atom. The van der Waals surface area contributed by atoms with Crippen LogP contribution >= 0.6 is 11.6 Å². The van der Waals surface area contributed by atoms with Crippen LogP contribution < -0.4 is 25.4 Å². The number of ether oxygens (including phenoxy) is 1. The third kappa shape index (κ3) is 7.74. The fourth-order valence-corrected chi connectivity index (χ4v) is 6.28. The number of nitrogens with zero attached hydrogens (tertiary/aromatic N) is 2. The number of carbonyl (C=O) groups is 1. The molecule has 2 fully saturated rings. The summed E-state index contributed by atoms with van der Waals surface area (Å²) in [5, 5.41) is 9.16. The molecule has 2 atom stereocenters. The molecule has 2 aromatic rings. The van der Waals surface area contributed by atoms with Crippen LogP contribution in [0.3, 0.4) is 0 Å². The van der Waals surface area contributed by atoms with E-state index in [2.05, 4.69) is 30.6 Å². The summed E-state index contributed by atoms with van der Waals surface area (Å²) in [6, 6.07) is 2.41. The molecule has 15 heteroatoms. The van der Waals surface area contributed by atoms with Crippen molar-refractivity contribution >= 4 is 39.2 Å². The maximum absolute atomic E-state index is 13.8. The highest BCUT2D eigenvalue weighted by atomic mass is 35.5. The third-order valence-corrected chi connectivity index (χ3v) is 8.15. The van der Waals surface area contributed by atoms with Crippen LogP contribution in [0.5, 0.6) is 5.75 Å². The second-order valence-electron chi connectivity index (χ2n) is 10.1. The van der Waals surface area contributed by atoms with Gasteiger partial charge in [0, 0.05) is 18.3 Å². The molecule has 1 aromatic carbocycles. The van der Waals surface area contributed by atoms with Gasteiger partial charge < -0.3 is 20.7 Å². The maximum Gasteiger partial charge on any atom is 0.419 e. The van der Waals surface area contributed by atoms with E-state index in [1.54, 1.807) is 0 Å². The number of halogens is 4. The van der Waals surface area contributed by atoms with E-state index in [9.17, 15) is 26.4 Å². The Kier molecular flexibility index (Phi) is 9.43. The maximum atomic E-state index is 13.8. The number of sulfonamides is 1. The highest BCUT2D eigenvalue weighted by Gasteiger charge is 2.38. The van der Waals surface area contributed by atoms with Crippen molar-refractivity contribution < 1.29 is 31.1 Å². The van der Waals surface area contributed by atoms with Crippen LogP contribution in [-0.2, 0) is 22.6 Å². The fourth-order valence-electron chi connectivity index (χ4n) is 5.17. The van der Waals surface area contributed by atoms with Gasteiger partial charge in [-0.3, -0.25) is 4.79 Å². The Morgan fingerprint density at radius 2 is 1.93 bits per heavy atom. The van der Waals surface area contributed by atoms with Crippen molar-refractivity contribution in [3.8, 4) is 5.75 Å². The van der Waals surface area contributed by atoms with Crippen LogP contribution in [0.4, 0.5) is 24.8 Å². The van der Waals surface area contributed by atoms with Gasteiger partial charge in [-0.2, -0.15) is 13.2 Å². The van der Waals surface area contributed by atoms with Gasteiger partial charge in [-0.05, 0) is 63.2 Å². The van der Waals surface area contributed by atoms with E-state index < -0.39 is 27.8 Å². The molecule has 1 aliphatic carbocycles. The molecule has 0 bridgehead atoms. The Hall–Kier alpha value is -2.68. The fraction of sp³-hybridized carbons (Fsp3) is 0.560. The Morgan fingerprint density at radius 3 is 2.58 bits per heavy atom. The van der Waals surface area contributed by atoms with Gasteiger partial charge in [0.2, 0.25) is 16.0 Å². The summed E-state index contributed by atoms with van der Waals surface area (Å²) in [5.41, 5.74) is -0.783. The van der Waals surface area contributed by atoms with E-state index in [-0.39, 0.29) is 58.0 Å². The normalized spacial score (nSPS) is 20.4. The van der Waals surface area contributed by atoms with Crippen LogP contribution in [0.1, 0.15) is 53.7 Å². The van der Waals surface area contributed by atoms with E-state index >= 15 is 0 Å². The first kappa shape index (κ1) is 30.3. The van der Waals surface area contributed by atoms with E-state index in [4.69, 9.17) is 16.3 Å². The minimum Gasteiger partial charge on any atom is -0.495 e. The van der Waals surface area contributed by atoms with E-state index in [1.807, 2.05) is 0 Å². The zero-order valence-electron chi connectivity index (χ0n) is 22.1. The summed E-state index contributed by atoms with van der Waals surface area (Å²) in [5.74, 6) is -0.628. The van der Waals surface area contributed by atoms with Crippen LogP contribution in [0, 0.1) is 5.92 Å². The Labute approximate surface area is 235 Å². The smallest absolute Gasteiger partial charge is 0.419 e. The first-order valence-corrected chi connectivity index (χ1v) is 15.2. The molecular weight excluding hydrogens is 573 g/mol. The van der Waals surface area contributed by atoms with Crippen molar-refractivity contribution in [3.05, 3.63) is 40.2 Å². The van der Waals surface area contributed by atoms with Crippen molar-refractivity contribution in [3.63, 3.8) is 0 Å². The SMILES string of the molecule is COc1cc(C(=O)NC2CCNCC2)c(Cl)cc1Nc1ncc(C(F)(F)F)c(C[C@@H]2CCC[C@H]2NS(C)(=O)=O)n1. The predicted molar refractivity (Wildman–Crippen MR) is 144 cm³/mol. The Bertz CT molecular complexity index is 1340. The summed E-state index contributed by atoms with van der Waals surface area (Å²) < 4.78 is 72.9. The molecule has 0 radical (unpaired) electrons. The minimum absolute atomic E-state index is 0.0136. The highest BCUT2D eigenvalue weighted by molar-refractivity contribution is 7.88. The van der Waals surface area contributed by atoms with Crippen molar-refractivity contribution in [2.45, 2.75) is 56.8 Å². The van der Waals surface area contributed by atoms with E-state index in [1.165, 1.54) is 19.2 Å². The van der Waals surface area contributed by atoms with Crippen molar-refractivity contribution in [2.24, 2.45) is 5.92 Å². The number of hydrogen-bond acceptors (Lipinski definition) is 8. The molecular formula is C25H32ClF3N6O4S. The van der Waals surface area contributed by atoms with Crippen LogP contribution in [-0.4, -0.2) is 62.8 Å². The molecule has 1 aliphatic heterocycles. The summed E-state index contributed by atoms with van der Waals surface area (Å²) >= 11 is 6.42. The number of nitrogens with one attached hydrogen (secondary N) is 4. The molecule has 4 rings (SSSR count). The standard InChI is InChI=1S/C25H32ClF3N6O4S/c1-39-22-11-16(23(36)32-15-6-8-30-9-7-15)18(26)12-21(22)34-24-31-13-17(25(27,28)29)20(33-24)10-14-4-3-5-19(14)35-40(2,37)38/h11-15,19,30,35H,3-10H2,1-2H3,(H,32,36)(H,31,33,34)/t14-,19+/m0/s1. The number of amides is 1. The lowest BCUT2D eigenvalue weighted by Crippen LogP contribution is -2.42.